The van der Waals surface area contributed by atoms with Crippen molar-refractivity contribution in [1.29, 1.82) is 0 Å². The number of hydrogen-bond acceptors (Lipinski definition) is 3. The van der Waals surface area contributed by atoms with Gasteiger partial charge in [0.15, 0.2) is 0 Å². The molecule has 1 saturated heterocycles. The highest BCUT2D eigenvalue weighted by Crippen LogP contribution is 2.29. The lowest BCUT2D eigenvalue weighted by Crippen LogP contribution is -2.18. The van der Waals surface area contributed by atoms with Gasteiger partial charge in [-0.3, -0.25) is 0 Å². The Morgan fingerprint density at radius 3 is 2.78 bits per heavy atom. The third-order valence-electron chi connectivity index (χ3n) is 3.61. The van der Waals surface area contributed by atoms with Crippen LogP contribution in [0.5, 0.6) is 0 Å². The van der Waals surface area contributed by atoms with Crippen molar-refractivity contribution in [2.75, 3.05) is 20.3 Å². The molecule has 1 heterocycles. The first-order chi connectivity index (χ1) is 8.81. The average Bonchev–Trinajstić information content (AvgIpc) is 2.41. The van der Waals surface area contributed by atoms with E-state index in [9.17, 15) is 5.11 Å². The number of ether oxygens (including phenoxy) is 2. The van der Waals surface area contributed by atoms with E-state index in [1.807, 2.05) is 24.3 Å². The lowest BCUT2D eigenvalue weighted by molar-refractivity contribution is 0.0430. The van der Waals surface area contributed by atoms with Crippen molar-refractivity contribution in [3.05, 3.63) is 35.4 Å². The average molecular weight is 250 g/mol. The van der Waals surface area contributed by atoms with Crippen LogP contribution in [0.2, 0.25) is 0 Å². The summed E-state index contributed by atoms with van der Waals surface area (Å²) in [5.41, 5.74) is 2.09. The molecule has 0 bridgehead atoms. The van der Waals surface area contributed by atoms with Crippen molar-refractivity contribution in [2.45, 2.75) is 32.0 Å². The number of rotatable bonds is 5. The number of hydrogen-bond donors (Lipinski definition) is 1. The van der Waals surface area contributed by atoms with E-state index < -0.39 is 0 Å². The molecular weight excluding hydrogens is 228 g/mol. The van der Waals surface area contributed by atoms with Gasteiger partial charge in [-0.25, -0.2) is 0 Å². The maximum absolute atomic E-state index is 10.4. The first-order valence-corrected chi connectivity index (χ1v) is 6.64. The molecule has 0 aromatic heterocycles. The highest BCUT2D eigenvalue weighted by Gasteiger charge is 2.20. The summed E-state index contributed by atoms with van der Waals surface area (Å²) in [6.07, 6.45) is 2.55. The minimum atomic E-state index is -0.389. The first-order valence-electron chi connectivity index (χ1n) is 6.64. The lowest BCUT2D eigenvalue weighted by Gasteiger charge is -2.25. The molecule has 1 aromatic carbocycles. The van der Waals surface area contributed by atoms with Gasteiger partial charge >= 0.3 is 0 Å². The molecule has 2 rings (SSSR count). The third kappa shape index (κ3) is 3.55. The molecule has 0 radical (unpaired) electrons. The van der Waals surface area contributed by atoms with E-state index in [1.165, 1.54) is 0 Å². The highest BCUT2D eigenvalue weighted by molar-refractivity contribution is 5.28. The Balaban J connectivity index is 2.00. The van der Waals surface area contributed by atoms with E-state index >= 15 is 0 Å². The van der Waals surface area contributed by atoms with Gasteiger partial charge in [0.2, 0.25) is 0 Å². The second kappa shape index (κ2) is 6.88. The van der Waals surface area contributed by atoms with Crippen molar-refractivity contribution in [2.24, 2.45) is 5.92 Å². The van der Waals surface area contributed by atoms with Crippen LogP contribution in [0, 0.1) is 5.92 Å². The molecule has 3 nitrogen and oxygen atoms in total. The fraction of sp³-hybridized carbons (Fsp3) is 0.600. The van der Waals surface area contributed by atoms with Crippen LogP contribution in [0.1, 0.15) is 36.5 Å². The largest absolute Gasteiger partial charge is 0.388 e. The standard InChI is InChI=1S/C15H22O3/c1-17-11-13-4-2-3-5-14(13)15(16)10-12-6-8-18-9-7-12/h2-5,12,15-16H,6-11H2,1H3. The van der Waals surface area contributed by atoms with Crippen molar-refractivity contribution < 1.29 is 14.6 Å². The van der Waals surface area contributed by atoms with E-state index in [0.29, 0.717) is 12.5 Å². The minimum Gasteiger partial charge on any atom is -0.388 e. The van der Waals surface area contributed by atoms with Gasteiger partial charge in [-0.2, -0.15) is 0 Å². The van der Waals surface area contributed by atoms with E-state index in [4.69, 9.17) is 9.47 Å². The normalized spacial score (nSPS) is 18.8. The molecule has 0 saturated carbocycles. The summed E-state index contributed by atoms with van der Waals surface area (Å²) in [7, 11) is 1.68. The summed E-state index contributed by atoms with van der Waals surface area (Å²) in [5.74, 6) is 0.573. The van der Waals surface area contributed by atoms with Crippen molar-refractivity contribution in [1.82, 2.24) is 0 Å². The van der Waals surface area contributed by atoms with Crippen LogP contribution in [-0.4, -0.2) is 25.4 Å². The minimum absolute atomic E-state index is 0.389. The molecule has 1 aliphatic heterocycles. The molecular formula is C15H22O3. The smallest absolute Gasteiger partial charge is 0.0796 e. The Kier molecular flexibility index (Phi) is 5.17. The maximum atomic E-state index is 10.4. The molecule has 0 amide bonds. The molecule has 3 heteroatoms. The van der Waals surface area contributed by atoms with Gasteiger partial charge in [-0.05, 0) is 36.3 Å². The monoisotopic (exact) mass is 250 g/mol. The Hall–Kier alpha value is -0.900. The van der Waals surface area contributed by atoms with E-state index in [0.717, 1.165) is 43.6 Å². The van der Waals surface area contributed by atoms with Crippen LogP contribution >= 0.6 is 0 Å². The van der Waals surface area contributed by atoms with Gasteiger partial charge in [0.1, 0.15) is 0 Å². The van der Waals surface area contributed by atoms with Gasteiger partial charge in [0.05, 0.1) is 12.7 Å². The molecule has 1 atom stereocenters. The Morgan fingerprint density at radius 1 is 1.33 bits per heavy atom. The Labute approximate surface area is 109 Å². The van der Waals surface area contributed by atoms with Gasteiger partial charge in [0, 0.05) is 20.3 Å². The van der Waals surface area contributed by atoms with Gasteiger partial charge < -0.3 is 14.6 Å². The molecule has 0 aliphatic carbocycles. The summed E-state index contributed by atoms with van der Waals surface area (Å²) in [4.78, 5) is 0. The zero-order chi connectivity index (χ0) is 12.8. The Bertz CT molecular complexity index is 359. The Morgan fingerprint density at radius 2 is 2.06 bits per heavy atom. The lowest BCUT2D eigenvalue weighted by atomic mass is 9.89. The molecule has 18 heavy (non-hydrogen) atoms. The number of benzene rings is 1. The van der Waals surface area contributed by atoms with Crippen LogP contribution in [0.3, 0.4) is 0 Å². The molecule has 1 aliphatic rings. The SMILES string of the molecule is COCc1ccccc1C(O)CC1CCOCC1. The molecule has 1 aromatic rings. The fourth-order valence-corrected chi connectivity index (χ4v) is 2.57. The van der Waals surface area contributed by atoms with Crippen LogP contribution in [0.25, 0.3) is 0 Å². The van der Waals surface area contributed by atoms with Crippen LogP contribution in [0.4, 0.5) is 0 Å². The third-order valence-corrected chi connectivity index (χ3v) is 3.61. The van der Waals surface area contributed by atoms with Gasteiger partial charge in [-0.15, -0.1) is 0 Å². The van der Waals surface area contributed by atoms with E-state index in [1.54, 1.807) is 7.11 Å². The predicted molar refractivity (Wildman–Crippen MR) is 70.3 cm³/mol. The molecule has 0 spiro atoms. The fourth-order valence-electron chi connectivity index (χ4n) is 2.57. The summed E-state index contributed by atoms with van der Waals surface area (Å²) < 4.78 is 10.5. The van der Waals surface area contributed by atoms with Crippen LogP contribution < -0.4 is 0 Å². The van der Waals surface area contributed by atoms with Crippen molar-refractivity contribution in [3.63, 3.8) is 0 Å². The topological polar surface area (TPSA) is 38.7 Å². The second-order valence-corrected chi connectivity index (χ2v) is 4.94. The summed E-state index contributed by atoms with van der Waals surface area (Å²) >= 11 is 0. The zero-order valence-corrected chi connectivity index (χ0v) is 11.0. The first kappa shape index (κ1) is 13.5. The summed E-state index contributed by atoms with van der Waals surface area (Å²) in [6.45, 7) is 2.22. The van der Waals surface area contributed by atoms with Crippen LogP contribution in [0.15, 0.2) is 24.3 Å². The van der Waals surface area contributed by atoms with Gasteiger partial charge in [0.25, 0.3) is 0 Å². The quantitative estimate of drug-likeness (QED) is 0.873. The molecule has 100 valence electrons. The predicted octanol–water partition coefficient (Wildman–Crippen LogP) is 2.68. The van der Waals surface area contributed by atoms with Gasteiger partial charge in [-0.1, -0.05) is 24.3 Å². The summed E-state index contributed by atoms with van der Waals surface area (Å²) in [6, 6.07) is 7.98. The zero-order valence-electron chi connectivity index (χ0n) is 11.0. The van der Waals surface area contributed by atoms with Crippen LogP contribution in [-0.2, 0) is 16.1 Å². The molecule has 1 fully saturated rings. The van der Waals surface area contributed by atoms with Crippen molar-refractivity contribution in [3.8, 4) is 0 Å². The molecule has 1 unspecified atom stereocenters. The molecule has 1 N–H and O–H groups in total. The van der Waals surface area contributed by atoms with E-state index in [2.05, 4.69) is 0 Å². The number of aliphatic hydroxyl groups excluding tert-OH is 1. The number of methoxy groups -OCH3 is 1. The highest BCUT2D eigenvalue weighted by atomic mass is 16.5. The van der Waals surface area contributed by atoms with E-state index in [-0.39, 0.29) is 6.10 Å². The summed E-state index contributed by atoms with van der Waals surface area (Å²) in [5, 5.41) is 10.4. The second-order valence-electron chi connectivity index (χ2n) is 4.94. The maximum Gasteiger partial charge on any atom is 0.0796 e. The number of aliphatic hydroxyl groups is 1. The van der Waals surface area contributed by atoms with Crippen molar-refractivity contribution >= 4 is 0 Å².